The third-order valence-corrected chi connectivity index (χ3v) is 17.9. The van der Waals surface area contributed by atoms with Gasteiger partial charge in [-0.3, -0.25) is 15.0 Å². The molecule has 12 nitrogen and oxygen atoms in total. The second-order valence-corrected chi connectivity index (χ2v) is 30.4. The smallest absolute Gasteiger partial charge is 0.399 e. The Morgan fingerprint density at radius 1 is 0.306 bits per heavy atom. The topological polar surface area (TPSA) is 147 Å². The number of hydrogen-bond acceptors (Lipinski definition) is 12. The van der Waals surface area contributed by atoms with Gasteiger partial charge in [0.15, 0.2) is 34.9 Å². The van der Waals surface area contributed by atoms with E-state index < -0.39 is 18.3 Å². The molecule has 13 rings (SSSR count). The van der Waals surface area contributed by atoms with Crippen LogP contribution < -0.4 is 5.46 Å². The zero-order valence-corrected chi connectivity index (χ0v) is 59.9. The average molecular weight is 1310 g/mol. The summed E-state index contributed by atoms with van der Waals surface area (Å²) in [5, 5.41) is 0.433. The second kappa shape index (κ2) is 28.4. The van der Waals surface area contributed by atoms with Crippen LogP contribution >= 0.6 is 11.6 Å². The quantitative estimate of drug-likeness (QED) is 0.120. The zero-order chi connectivity index (χ0) is 69.8. The van der Waals surface area contributed by atoms with Crippen LogP contribution in [0.2, 0.25) is 5.15 Å². The van der Waals surface area contributed by atoms with E-state index in [4.69, 9.17) is 50.8 Å². The van der Waals surface area contributed by atoms with Crippen molar-refractivity contribution >= 4 is 24.2 Å². The van der Waals surface area contributed by atoms with Crippen LogP contribution in [-0.2, 0) is 31.0 Å². The maximum absolute atomic E-state index is 6.60. The van der Waals surface area contributed by atoms with Crippen LogP contribution in [0.3, 0.4) is 0 Å². The van der Waals surface area contributed by atoms with Crippen molar-refractivity contribution in [2.45, 2.75) is 144 Å². The molecule has 8 aromatic carbocycles. The van der Waals surface area contributed by atoms with Crippen LogP contribution in [0.5, 0.6) is 0 Å². The fourth-order valence-electron chi connectivity index (χ4n) is 11.1. The Balaban J connectivity index is 0.000000180. The van der Waals surface area contributed by atoms with Crippen LogP contribution in [0, 0.1) is 0 Å². The van der Waals surface area contributed by atoms with Crippen LogP contribution in [0.25, 0.3) is 102 Å². The number of halogens is 1. The highest BCUT2D eigenvalue weighted by Crippen LogP contribution is 2.41. The molecule has 1 aliphatic heterocycles. The summed E-state index contributed by atoms with van der Waals surface area (Å²) >= 11 is 5.37. The Labute approximate surface area is 584 Å². The Kier molecular flexibility index (Phi) is 20.1. The molecule has 1 aliphatic rings. The van der Waals surface area contributed by atoms with Gasteiger partial charge in [-0.2, -0.15) is 0 Å². The second-order valence-electron chi connectivity index (χ2n) is 30.0. The lowest BCUT2D eigenvalue weighted by molar-refractivity contribution is 0.00578. The summed E-state index contributed by atoms with van der Waals surface area (Å²) in [5.41, 5.74) is 16.8. The first kappa shape index (κ1) is 69.6. The van der Waals surface area contributed by atoms with Crippen molar-refractivity contribution in [1.29, 1.82) is 0 Å². The highest BCUT2D eigenvalue weighted by atomic mass is 35.5. The van der Waals surface area contributed by atoms with Gasteiger partial charge in [-0.15, -0.1) is 0 Å². The highest BCUT2D eigenvalue weighted by Gasteiger charge is 2.52. The minimum absolute atomic E-state index is 0.00919. The van der Waals surface area contributed by atoms with Gasteiger partial charge in [0.2, 0.25) is 0 Å². The molecule has 0 saturated carbocycles. The van der Waals surface area contributed by atoms with Gasteiger partial charge in [0.05, 0.1) is 29.3 Å². The summed E-state index contributed by atoms with van der Waals surface area (Å²) in [6, 6.07) is 67.3. The predicted octanol–water partition coefficient (Wildman–Crippen LogP) is 20.2. The molecule has 12 aromatic rings. The molecule has 0 spiro atoms. The molecule has 0 unspecified atom stereocenters. The lowest BCUT2D eigenvalue weighted by Gasteiger charge is -2.32. The first-order chi connectivity index (χ1) is 46.4. The van der Waals surface area contributed by atoms with Gasteiger partial charge in [0.1, 0.15) is 5.15 Å². The summed E-state index contributed by atoms with van der Waals surface area (Å²) in [6.07, 6.45) is 9.83. The molecule has 0 bridgehead atoms. The van der Waals surface area contributed by atoms with E-state index in [1.165, 1.54) is 28.5 Å². The minimum atomic E-state index is -0.546. The molecule has 5 heterocycles. The summed E-state index contributed by atoms with van der Waals surface area (Å²) in [5.74, 6) is 3.72. The fourth-order valence-corrected chi connectivity index (χ4v) is 11.2. The molecule has 0 N–H and O–H groups in total. The SMILES string of the molecule is CC(C)(C)c1cc(-c2cc(-c3cnccn3)cc(-c3nc(-c4ccccc4)nc(-c4ccccc4)n3)c2)cc(C(C)(C)C)c1.CC(C)(C)c1cc(-c2cc(B3OC(C)(C)C(C)(C)O3)cc(-c3nc(-c4ccccc4)nc(-c4ccccc4)n3)c2)cc(C(C)(C)C)c1.Clc1cnccn1. The summed E-state index contributed by atoms with van der Waals surface area (Å²) in [6.45, 7) is 35.6. The number of aromatic nitrogens is 10. The van der Waals surface area contributed by atoms with E-state index in [0.717, 1.165) is 72.4 Å². The lowest BCUT2D eigenvalue weighted by Crippen LogP contribution is -2.41. The monoisotopic (exact) mass is 1310 g/mol. The van der Waals surface area contributed by atoms with Crippen LogP contribution in [0.1, 0.15) is 133 Å². The predicted molar refractivity (Wildman–Crippen MR) is 402 cm³/mol. The van der Waals surface area contributed by atoms with E-state index in [0.29, 0.717) is 40.1 Å². The molecular weight excluding hydrogens is 1230 g/mol. The van der Waals surface area contributed by atoms with Crippen LogP contribution in [-0.4, -0.2) is 68.2 Å². The molecular formula is C84H86BClN10O2. The van der Waals surface area contributed by atoms with E-state index in [9.17, 15) is 0 Å². The maximum atomic E-state index is 6.60. The Bertz CT molecular complexity index is 4530. The Hall–Kier alpha value is -9.79. The standard InChI is InChI=1S/C41H46BN3O2.C39H37N5.C4H3ClN2/c1-38(2,3)32-22-30(23-33(26-32)39(4,5)6)29-21-31(25-34(24-29)42-46-40(7,8)41(9,10)47-42)37-44-35(27-17-13-11-14-18-27)43-36(45-37)28-19-15-12-16-20-28;1-38(2,3)32-22-29(23-33(24-32)39(4,5)6)28-19-30(34-25-40-17-18-41-34)21-31(20-28)37-43-35(26-13-9-7-10-14-26)42-36(44-37)27-15-11-8-12-16-27;5-4-3-6-1-2-7-4/h11-26H,1-10H3;7-25H,1-6H3;1-3H. The van der Waals surface area contributed by atoms with Crippen molar-refractivity contribution in [2.24, 2.45) is 0 Å². The maximum Gasteiger partial charge on any atom is 0.494 e. The van der Waals surface area contributed by atoms with Gasteiger partial charge in [-0.25, -0.2) is 34.9 Å². The molecule has 14 heteroatoms. The molecule has 1 fully saturated rings. The van der Waals surface area contributed by atoms with Crippen molar-refractivity contribution in [3.63, 3.8) is 0 Å². The van der Waals surface area contributed by atoms with Gasteiger partial charge in [-0.05, 0) is 124 Å². The fraction of sp³-hybridized carbons (Fsp3) is 0.262. The number of rotatable bonds is 10. The molecule has 4 aromatic heterocycles. The van der Waals surface area contributed by atoms with E-state index in [1.54, 1.807) is 31.0 Å². The molecule has 98 heavy (non-hydrogen) atoms. The largest absolute Gasteiger partial charge is 0.494 e. The first-order valence-electron chi connectivity index (χ1n) is 33.4. The van der Waals surface area contributed by atoms with Crippen molar-refractivity contribution in [1.82, 2.24) is 49.8 Å². The van der Waals surface area contributed by atoms with Gasteiger partial charge in [0.25, 0.3) is 0 Å². The highest BCUT2D eigenvalue weighted by molar-refractivity contribution is 6.62. The van der Waals surface area contributed by atoms with Crippen molar-refractivity contribution in [3.05, 3.63) is 259 Å². The van der Waals surface area contributed by atoms with Crippen LogP contribution in [0.15, 0.2) is 231 Å². The third-order valence-electron chi connectivity index (χ3n) is 17.7. The molecule has 494 valence electrons. The number of benzene rings is 8. The molecule has 0 radical (unpaired) electrons. The first-order valence-corrected chi connectivity index (χ1v) is 33.7. The molecule has 0 amide bonds. The van der Waals surface area contributed by atoms with Crippen molar-refractivity contribution in [3.8, 4) is 102 Å². The summed E-state index contributed by atoms with van der Waals surface area (Å²) < 4.78 is 13.2. The Morgan fingerprint density at radius 3 is 0.898 bits per heavy atom. The number of nitrogens with zero attached hydrogens (tertiary/aromatic N) is 10. The lowest BCUT2D eigenvalue weighted by atomic mass is 9.75. The van der Waals surface area contributed by atoms with Crippen LogP contribution in [0.4, 0.5) is 0 Å². The van der Waals surface area contributed by atoms with Crippen molar-refractivity contribution < 1.29 is 9.31 Å². The van der Waals surface area contributed by atoms with E-state index in [2.05, 4.69) is 204 Å². The van der Waals surface area contributed by atoms with Gasteiger partial charge < -0.3 is 9.31 Å². The Morgan fingerprint density at radius 2 is 0.592 bits per heavy atom. The molecule has 0 aliphatic carbocycles. The van der Waals surface area contributed by atoms with Gasteiger partial charge in [-0.1, -0.05) is 265 Å². The van der Waals surface area contributed by atoms with Crippen molar-refractivity contribution in [2.75, 3.05) is 0 Å². The molecule has 0 atom stereocenters. The molecule has 1 saturated heterocycles. The number of hydrogen-bond donors (Lipinski definition) is 0. The summed E-state index contributed by atoms with van der Waals surface area (Å²) in [4.78, 5) is 46.4. The van der Waals surface area contributed by atoms with E-state index >= 15 is 0 Å². The van der Waals surface area contributed by atoms with E-state index in [-0.39, 0.29) is 21.7 Å². The zero-order valence-electron chi connectivity index (χ0n) is 59.2. The normalized spacial score (nSPS) is 13.6. The van der Waals surface area contributed by atoms with Gasteiger partial charge in [0, 0.05) is 63.7 Å². The summed E-state index contributed by atoms with van der Waals surface area (Å²) in [7, 11) is -0.546. The average Bonchev–Trinajstić information content (AvgIpc) is 1.47. The van der Waals surface area contributed by atoms with Gasteiger partial charge >= 0.3 is 7.12 Å². The van der Waals surface area contributed by atoms with E-state index in [1.807, 2.05) is 121 Å². The third kappa shape index (κ3) is 16.8. The minimum Gasteiger partial charge on any atom is -0.399 e.